The molecular weight excluding hydrogens is 390 g/mol. The van der Waals surface area contributed by atoms with Crippen molar-refractivity contribution < 1.29 is 14.3 Å². The first-order valence-corrected chi connectivity index (χ1v) is 10.5. The van der Waals surface area contributed by atoms with Gasteiger partial charge in [-0.15, -0.1) is 11.3 Å². The molecule has 0 bridgehead atoms. The molecule has 3 heterocycles. The van der Waals surface area contributed by atoms with E-state index in [1.54, 1.807) is 6.07 Å². The highest BCUT2D eigenvalue weighted by Crippen LogP contribution is 2.40. The zero-order valence-corrected chi connectivity index (χ0v) is 16.9. The summed E-state index contributed by atoms with van der Waals surface area (Å²) in [7, 11) is 0. The SMILES string of the molecule is NC(=O)Nc1sc(-c2ccccc2N2CCC(N3CCOCC3)C2)cc1C(N)=O. The number of amides is 3. The number of hydrogen-bond donors (Lipinski definition) is 3. The summed E-state index contributed by atoms with van der Waals surface area (Å²) in [6, 6.07) is 9.65. The number of ether oxygens (including phenoxy) is 1. The lowest BCUT2D eigenvalue weighted by atomic mass is 10.1. The van der Waals surface area contributed by atoms with Gasteiger partial charge in [0.25, 0.3) is 5.91 Å². The summed E-state index contributed by atoms with van der Waals surface area (Å²) in [5, 5.41) is 2.89. The van der Waals surface area contributed by atoms with Crippen molar-refractivity contribution in [3.8, 4) is 10.4 Å². The molecule has 0 radical (unpaired) electrons. The lowest BCUT2D eigenvalue weighted by Crippen LogP contribution is -2.44. The molecule has 0 spiro atoms. The lowest BCUT2D eigenvalue weighted by molar-refractivity contribution is 0.0209. The minimum absolute atomic E-state index is 0.270. The number of primary amides is 2. The fraction of sp³-hybridized carbons (Fsp3) is 0.400. The number of hydrogen-bond acceptors (Lipinski definition) is 6. The summed E-state index contributed by atoms with van der Waals surface area (Å²) in [6.07, 6.45) is 1.11. The van der Waals surface area contributed by atoms with E-state index in [4.69, 9.17) is 16.2 Å². The second kappa shape index (κ2) is 8.40. The second-order valence-corrected chi connectivity index (χ2v) is 8.31. The van der Waals surface area contributed by atoms with Gasteiger partial charge in [-0.1, -0.05) is 18.2 Å². The van der Waals surface area contributed by atoms with Gasteiger partial charge < -0.3 is 21.1 Å². The van der Waals surface area contributed by atoms with Crippen LogP contribution in [-0.2, 0) is 4.74 Å². The quantitative estimate of drug-likeness (QED) is 0.690. The topological polar surface area (TPSA) is 114 Å². The van der Waals surface area contributed by atoms with E-state index >= 15 is 0 Å². The number of nitrogens with one attached hydrogen (secondary N) is 1. The van der Waals surface area contributed by atoms with E-state index in [9.17, 15) is 9.59 Å². The van der Waals surface area contributed by atoms with Crippen LogP contribution < -0.4 is 21.7 Å². The monoisotopic (exact) mass is 415 g/mol. The maximum atomic E-state index is 11.8. The zero-order chi connectivity index (χ0) is 20.4. The van der Waals surface area contributed by atoms with Crippen molar-refractivity contribution in [2.75, 3.05) is 49.6 Å². The minimum Gasteiger partial charge on any atom is -0.379 e. The molecule has 29 heavy (non-hydrogen) atoms. The van der Waals surface area contributed by atoms with Gasteiger partial charge in [-0.05, 0) is 18.6 Å². The number of para-hydroxylation sites is 1. The third-order valence-corrected chi connectivity index (χ3v) is 6.55. The highest BCUT2D eigenvalue weighted by atomic mass is 32.1. The number of thiophene rings is 1. The molecule has 2 aliphatic heterocycles. The van der Waals surface area contributed by atoms with Crippen LogP contribution >= 0.6 is 11.3 Å². The summed E-state index contributed by atoms with van der Waals surface area (Å²) < 4.78 is 5.48. The first-order valence-electron chi connectivity index (χ1n) is 9.69. The van der Waals surface area contributed by atoms with Crippen LogP contribution in [0.2, 0.25) is 0 Å². The molecule has 1 unspecified atom stereocenters. The summed E-state index contributed by atoms with van der Waals surface area (Å²) >= 11 is 1.30. The van der Waals surface area contributed by atoms with Gasteiger partial charge in [0.15, 0.2) is 0 Å². The van der Waals surface area contributed by atoms with Crippen LogP contribution in [0, 0.1) is 0 Å². The van der Waals surface area contributed by atoms with Crippen molar-refractivity contribution in [1.82, 2.24) is 4.90 Å². The molecule has 8 nitrogen and oxygen atoms in total. The number of benzene rings is 1. The molecule has 1 aromatic carbocycles. The van der Waals surface area contributed by atoms with Crippen LogP contribution in [0.1, 0.15) is 16.8 Å². The molecule has 4 rings (SSSR count). The summed E-state index contributed by atoms with van der Waals surface area (Å²) in [5.74, 6) is -0.595. The van der Waals surface area contributed by atoms with Gasteiger partial charge in [0, 0.05) is 48.3 Å². The van der Waals surface area contributed by atoms with Crippen molar-refractivity contribution in [3.05, 3.63) is 35.9 Å². The molecule has 1 atom stereocenters. The maximum absolute atomic E-state index is 11.8. The van der Waals surface area contributed by atoms with Gasteiger partial charge in [-0.25, -0.2) is 4.79 Å². The molecule has 9 heteroatoms. The second-order valence-electron chi connectivity index (χ2n) is 7.26. The van der Waals surface area contributed by atoms with E-state index in [0.717, 1.165) is 61.9 Å². The number of morpholine rings is 1. The zero-order valence-electron chi connectivity index (χ0n) is 16.1. The van der Waals surface area contributed by atoms with Gasteiger partial charge in [0.2, 0.25) is 0 Å². The largest absolute Gasteiger partial charge is 0.379 e. The number of urea groups is 1. The van der Waals surface area contributed by atoms with E-state index in [-0.39, 0.29) is 5.56 Å². The summed E-state index contributed by atoms with van der Waals surface area (Å²) in [4.78, 5) is 28.9. The first-order chi connectivity index (χ1) is 14.0. The molecule has 2 aromatic rings. The first kappa shape index (κ1) is 19.7. The van der Waals surface area contributed by atoms with Crippen LogP contribution in [0.5, 0.6) is 0 Å². The molecule has 2 saturated heterocycles. The fourth-order valence-corrected chi connectivity index (χ4v) is 5.17. The fourth-order valence-electron chi connectivity index (χ4n) is 4.07. The Morgan fingerprint density at radius 1 is 1.14 bits per heavy atom. The highest BCUT2D eigenvalue weighted by Gasteiger charge is 2.30. The van der Waals surface area contributed by atoms with Crippen LogP contribution in [-0.4, -0.2) is 62.3 Å². The third-order valence-electron chi connectivity index (χ3n) is 5.47. The maximum Gasteiger partial charge on any atom is 0.317 e. The van der Waals surface area contributed by atoms with Crippen molar-refractivity contribution in [3.63, 3.8) is 0 Å². The van der Waals surface area contributed by atoms with E-state index < -0.39 is 11.9 Å². The standard InChI is InChI=1S/C20H25N5O3S/c21-18(26)15-11-17(29-19(15)23-20(22)27)14-3-1-2-4-16(14)25-6-5-13(12-25)24-7-9-28-10-8-24/h1-4,11,13H,5-10,12H2,(H2,21,26)(H3,22,23,27). The number of nitrogens with two attached hydrogens (primary N) is 2. The van der Waals surface area contributed by atoms with Crippen LogP contribution in [0.25, 0.3) is 10.4 Å². The average Bonchev–Trinajstić information content (AvgIpc) is 3.36. The predicted octanol–water partition coefficient (Wildman–Crippen LogP) is 1.92. The Bertz CT molecular complexity index is 909. The van der Waals surface area contributed by atoms with Gasteiger partial charge in [-0.3, -0.25) is 15.0 Å². The predicted molar refractivity (Wildman–Crippen MR) is 114 cm³/mol. The Morgan fingerprint density at radius 3 is 2.62 bits per heavy atom. The molecule has 0 aliphatic carbocycles. The summed E-state index contributed by atoms with van der Waals surface area (Å²) in [5.41, 5.74) is 13.1. The van der Waals surface area contributed by atoms with Crippen molar-refractivity contribution in [1.29, 1.82) is 0 Å². The van der Waals surface area contributed by atoms with Gasteiger partial charge in [-0.2, -0.15) is 0 Å². The molecule has 2 fully saturated rings. The van der Waals surface area contributed by atoms with Gasteiger partial charge in [0.05, 0.1) is 18.8 Å². The number of nitrogens with zero attached hydrogens (tertiary/aromatic N) is 2. The number of anilines is 2. The van der Waals surface area contributed by atoms with E-state index in [1.165, 1.54) is 11.3 Å². The minimum atomic E-state index is -0.720. The van der Waals surface area contributed by atoms with Crippen molar-refractivity contribution in [2.24, 2.45) is 11.5 Å². The van der Waals surface area contributed by atoms with E-state index in [1.807, 2.05) is 18.2 Å². The molecule has 2 aliphatic rings. The van der Waals surface area contributed by atoms with Crippen LogP contribution in [0.15, 0.2) is 30.3 Å². The molecule has 154 valence electrons. The Hall–Kier alpha value is -2.62. The normalized spacial score (nSPS) is 20.0. The Labute approximate surface area is 173 Å². The number of carbonyl (C=O) groups is 2. The molecule has 5 N–H and O–H groups in total. The Kier molecular flexibility index (Phi) is 5.70. The lowest BCUT2D eigenvalue weighted by Gasteiger charge is -2.32. The van der Waals surface area contributed by atoms with Gasteiger partial charge >= 0.3 is 6.03 Å². The third kappa shape index (κ3) is 4.21. The Morgan fingerprint density at radius 2 is 1.90 bits per heavy atom. The van der Waals surface area contributed by atoms with E-state index in [2.05, 4.69) is 21.2 Å². The average molecular weight is 416 g/mol. The molecule has 0 saturated carbocycles. The number of rotatable bonds is 5. The van der Waals surface area contributed by atoms with Crippen molar-refractivity contribution >= 4 is 34.0 Å². The summed E-state index contributed by atoms with van der Waals surface area (Å²) in [6.45, 7) is 5.49. The van der Waals surface area contributed by atoms with Crippen LogP contribution in [0.4, 0.5) is 15.5 Å². The van der Waals surface area contributed by atoms with E-state index in [0.29, 0.717) is 11.0 Å². The smallest absolute Gasteiger partial charge is 0.317 e. The number of carbonyl (C=O) groups excluding carboxylic acids is 2. The van der Waals surface area contributed by atoms with Gasteiger partial charge in [0.1, 0.15) is 5.00 Å². The van der Waals surface area contributed by atoms with Crippen LogP contribution in [0.3, 0.4) is 0 Å². The Balaban J connectivity index is 1.61. The molecular formula is C20H25N5O3S. The highest BCUT2D eigenvalue weighted by molar-refractivity contribution is 7.20. The molecule has 1 aromatic heterocycles. The van der Waals surface area contributed by atoms with Crippen molar-refractivity contribution in [2.45, 2.75) is 12.5 Å². The molecule has 3 amide bonds.